The molecule has 0 bridgehead atoms. The summed E-state index contributed by atoms with van der Waals surface area (Å²) in [5.74, 6) is 0.868. The Morgan fingerprint density at radius 2 is 1.12 bits per heavy atom. The Kier molecular flexibility index (Phi) is 7.90. The first-order chi connectivity index (χ1) is 25.2. The van der Waals surface area contributed by atoms with E-state index in [1.54, 1.807) is 0 Å². The normalized spacial score (nSPS) is 16.5. The highest BCUT2D eigenvalue weighted by Crippen LogP contribution is 2.41. The summed E-state index contributed by atoms with van der Waals surface area (Å²) in [6.07, 6.45) is 3.49. The summed E-state index contributed by atoms with van der Waals surface area (Å²) in [6, 6.07) is 60.8. The van der Waals surface area contributed by atoms with Gasteiger partial charge in [-0.3, -0.25) is 0 Å². The molecule has 7 aromatic carbocycles. The zero-order valence-electron chi connectivity index (χ0n) is 28.5. The van der Waals surface area contributed by atoms with E-state index in [0.717, 1.165) is 29.1 Å². The van der Waals surface area contributed by atoms with Crippen LogP contribution < -0.4 is 15.5 Å². The summed E-state index contributed by atoms with van der Waals surface area (Å²) >= 11 is 0. The minimum atomic E-state index is -0.00163. The fourth-order valence-corrected chi connectivity index (χ4v) is 7.34. The molecule has 2 N–H and O–H groups in total. The smallest absolute Gasteiger partial charge is 0.134 e. The Morgan fingerprint density at radius 1 is 0.529 bits per heavy atom. The molecule has 0 radical (unpaired) electrons. The van der Waals surface area contributed by atoms with Crippen molar-refractivity contribution in [1.29, 1.82) is 0 Å². The maximum atomic E-state index is 5.19. The molecule has 7 aromatic rings. The van der Waals surface area contributed by atoms with E-state index in [-0.39, 0.29) is 12.2 Å². The van der Waals surface area contributed by atoms with Gasteiger partial charge in [0.05, 0.1) is 23.1 Å². The van der Waals surface area contributed by atoms with Crippen molar-refractivity contribution < 1.29 is 0 Å². The number of anilines is 3. The molecule has 0 aliphatic carbocycles. The van der Waals surface area contributed by atoms with E-state index < -0.39 is 0 Å². The third-order valence-electron chi connectivity index (χ3n) is 10.1. The van der Waals surface area contributed by atoms with Gasteiger partial charge >= 0.3 is 0 Å². The summed E-state index contributed by atoms with van der Waals surface area (Å²) in [7, 11) is 0. The largest absolute Gasteiger partial charge is 0.363 e. The monoisotopic (exact) mass is 658 g/mol. The molecule has 0 fully saturated rings. The van der Waals surface area contributed by atoms with Crippen molar-refractivity contribution in [3.8, 4) is 22.3 Å². The van der Waals surface area contributed by atoms with Gasteiger partial charge in [0.1, 0.15) is 12.0 Å². The zero-order chi connectivity index (χ0) is 34.1. The molecule has 0 spiro atoms. The van der Waals surface area contributed by atoms with Crippen LogP contribution in [0, 0.1) is 0 Å². The average Bonchev–Trinajstić information content (AvgIpc) is 3.60. The van der Waals surface area contributed by atoms with Crippen LogP contribution in [-0.2, 0) is 0 Å². The molecule has 4 heteroatoms. The van der Waals surface area contributed by atoms with Gasteiger partial charge in [-0.25, -0.2) is 4.99 Å². The van der Waals surface area contributed by atoms with Gasteiger partial charge in [-0.1, -0.05) is 146 Å². The highest BCUT2D eigenvalue weighted by Gasteiger charge is 2.28. The molecule has 0 amide bonds. The van der Waals surface area contributed by atoms with Gasteiger partial charge in [-0.15, -0.1) is 0 Å². The van der Waals surface area contributed by atoms with Gasteiger partial charge in [-0.05, 0) is 87.0 Å². The van der Waals surface area contributed by atoms with Crippen molar-refractivity contribution >= 4 is 39.4 Å². The Bertz CT molecular complexity index is 2390. The topological polar surface area (TPSA) is 39.7 Å². The Morgan fingerprint density at radius 3 is 1.86 bits per heavy atom. The third-order valence-corrected chi connectivity index (χ3v) is 10.1. The molecule has 0 aromatic heterocycles. The summed E-state index contributed by atoms with van der Waals surface area (Å²) in [5.41, 5.74) is 12.7. The van der Waals surface area contributed by atoms with Crippen molar-refractivity contribution in [2.24, 2.45) is 4.99 Å². The first-order valence-electron chi connectivity index (χ1n) is 17.8. The molecule has 246 valence electrons. The SMILES string of the molecule is CCC1Nc2ccccc2N1c1ccc(-c2ccc(C3=NC(c4ccc(-c5ccc6ccccc6c5)cc4)=CC(c4ccccc4)N3)cc2)cc1. The van der Waals surface area contributed by atoms with Crippen LogP contribution in [0.5, 0.6) is 0 Å². The lowest BCUT2D eigenvalue weighted by Crippen LogP contribution is -2.31. The number of fused-ring (bicyclic) bond motifs is 2. The number of rotatable bonds is 7. The fraction of sp³-hybridized carbons (Fsp3) is 0.0851. The molecular weight excluding hydrogens is 621 g/mol. The highest BCUT2D eigenvalue weighted by molar-refractivity contribution is 6.03. The number of hydrogen-bond donors (Lipinski definition) is 2. The van der Waals surface area contributed by atoms with E-state index in [1.165, 1.54) is 55.7 Å². The second kappa shape index (κ2) is 13.1. The number of hydrogen-bond acceptors (Lipinski definition) is 4. The first kappa shape index (κ1) is 30.7. The predicted octanol–water partition coefficient (Wildman–Crippen LogP) is 11.6. The molecule has 2 unspecified atom stereocenters. The van der Waals surface area contributed by atoms with Crippen molar-refractivity contribution in [3.05, 3.63) is 193 Å². The van der Waals surface area contributed by atoms with Gasteiger partial charge < -0.3 is 15.5 Å². The lowest BCUT2D eigenvalue weighted by Gasteiger charge is -2.26. The predicted molar refractivity (Wildman–Crippen MR) is 214 cm³/mol. The standard InChI is InChI=1S/C47H38N4/c1-2-46-48-42-14-8-9-15-45(42)51(46)41-28-26-34(27-29-41)33-18-23-38(24-19-33)47-49-43(36-11-4-3-5-12-36)31-44(50-47)37-21-16-35(17-22-37)40-25-20-32-10-6-7-13-39(32)30-40/h3-31,43,46,48H,2H2,1H3,(H,49,50). The number of benzene rings is 7. The van der Waals surface area contributed by atoms with Crippen LogP contribution in [0.2, 0.25) is 0 Å². The van der Waals surface area contributed by atoms with E-state index in [1.807, 2.05) is 0 Å². The van der Waals surface area contributed by atoms with Gasteiger partial charge in [0.2, 0.25) is 0 Å². The van der Waals surface area contributed by atoms with Gasteiger partial charge in [0.25, 0.3) is 0 Å². The highest BCUT2D eigenvalue weighted by atomic mass is 15.3. The summed E-state index contributed by atoms with van der Waals surface area (Å²) in [5, 5.41) is 9.88. The van der Waals surface area contributed by atoms with Crippen LogP contribution in [0.25, 0.3) is 38.7 Å². The molecule has 2 aliphatic heterocycles. The average molecular weight is 659 g/mol. The molecule has 51 heavy (non-hydrogen) atoms. The van der Waals surface area contributed by atoms with Crippen molar-refractivity contribution in [2.75, 3.05) is 10.2 Å². The number of nitrogens with one attached hydrogen (secondary N) is 2. The van der Waals surface area contributed by atoms with Crippen LogP contribution in [0.3, 0.4) is 0 Å². The Balaban J connectivity index is 0.990. The number of para-hydroxylation sites is 2. The Labute approximate surface area is 299 Å². The quantitative estimate of drug-likeness (QED) is 0.179. The molecule has 2 aliphatic rings. The number of nitrogens with zero attached hydrogens (tertiary/aromatic N) is 2. The van der Waals surface area contributed by atoms with E-state index in [4.69, 9.17) is 4.99 Å². The summed E-state index contributed by atoms with van der Waals surface area (Å²) in [4.78, 5) is 7.59. The molecule has 2 atom stereocenters. The second-order valence-corrected chi connectivity index (χ2v) is 13.3. The molecule has 2 heterocycles. The van der Waals surface area contributed by atoms with Gasteiger partial charge in [0.15, 0.2) is 0 Å². The lowest BCUT2D eigenvalue weighted by molar-refractivity contribution is 0.728. The van der Waals surface area contributed by atoms with Crippen LogP contribution in [-0.4, -0.2) is 12.0 Å². The van der Waals surface area contributed by atoms with Crippen LogP contribution >= 0.6 is 0 Å². The third kappa shape index (κ3) is 5.95. The van der Waals surface area contributed by atoms with Crippen LogP contribution in [0.4, 0.5) is 17.1 Å². The molecule has 4 nitrogen and oxygen atoms in total. The molecule has 0 saturated heterocycles. The maximum absolute atomic E-state index is 5.19. The van der Waals surface area contributed by atoms with Gasteiger partial charge in [-0.2, -0.15) is 0 Å². The fourth-order valence-electron chi connectivity index (χ4n) is 7.34. The van der Waals surface area contributed by atoms with E-state index in [2.05, 4.69) is 198 Å². The van der Waals surface area contributed by atoms with Crippen LogP contribution in [0.1, 0.15) is 36.1 Å². The van der Waals surface area contributed by atoms with Crippen molar-refractivity contribution in [1.82, 2.24) is 5.32 Å². The Hall–Kier alpha value is -6.39. The number of aliphatic imine (C=N–C) groups is 1. The number of amidine groups is 1. The van der Waals surface area contributed by atoms with Crippen LogP contribution in [0.15, 0.2) is 181 Å². The first-order valence-corrected chi connectivity index (χ1v) is 17.8. The van der Waals surface area contributed by atoms with E-state index >= 15 is 0 Å². The molecular formula is C47H38N4. The minimum absolute atomic E-state index is 0.00163. The van der Waals surface area contributed by atoms with E-state index in [0.29, 0.717) is 0 Å². The zero-order valence-corrected chi connectivity index (χ0v) is 28.5. The molecule has 0 saturated carbocycles. The maximum Gasteiger partial charge on any atom is 0.134 e. The summed E-state index contributed by atoms with van der Waals surface area (Å²) in [6.45, 7) is 2.22. The van der Waals surface area contributed by atoms with Crippen molar-refractivity contribution in [2.45, 2.75) is 25.6 Å². The molecule has 9 rings (SSSR count). The lowest BCUT2D eigenvalue weighted by atomic mass is 9.97. The second-order valence-electron chi connectivity index (χ2n) is 13.3. The summed E-state index contributed by atoms with van der Waals surface area (Å²) < 4.78 is 0. The van der Waals surface area contributed by atoms with E-state index in [9.17, 15) is 0 Å². The van der Waals surface area contributed by atoms with Gasteiger partial charge in [0, 0.05) is 11.3 Å². The minimum Gasteiger partial charge on any atom is -0.363 e. The van der Waals surface area contributed by atoms with Crippen molar-refractivity contribution in [3.63, 3.8) is 0 Å².